The number of para-hydroxylation sites is 1. The lowest BCUT2D eigenvalue weighted by molar-refractivity contribution is -0.0904. The number of benzene rings is 5. The molecule has 4 atom stereocenters. The van der Waals surface area contributed by atoms with Gasteiger partial charge in [0, 0.05) is 35.4 Å². The molecule has 5 aromatic carbocycles. The minimum Gasteiger partial charge on any atom is -0.497 e. The van der Waals surface area contributed by atoms with Crippen molar-refractivity contribution in [3.05, 3.63) is 150 Å². The molecule has 0 spiro atoms. The molecule has 61 heavy (non-hydrogen) atoms. The van der Waals surface area contributed by atoms with Crippen LogP contribution in [0.15, 0.2) is 127 Å². The van der Waals surface area contributed by atoms with E-state index in [4.69, 9.17) is 28.0 Å². The zero-order chi connectivity index (χ0) is 42.9. The van der Waals surface area contributed by atoms with Gasteiger partial charge >= 0.3 is 0 Å². The van der Waals surface area contributed by atoms with Gasteiger partial charge in [0.05, 0.1) is 63.1 Å². The van der Waals surface area contributed by atoms with Crippen LogP contribution in [0, 0.1) is 22.7 Å². The summed E-state index contributed by atoms with van der Waals surface area (Å²) in [6.07, 6.45) is 2.62. The zero-order valence-electron chi connectivity index (χ0n) is 35.6. The summed E-state index contributed by atoms with van der Waals surface area (Å²) in [6.45, 7) is 8.94. The van der Waals surface area contributed by atoms with E-state index in [0.29, 0.717) is 6.42 Å². The van der Waals surface area contributed by atoms with Crippen LogP contribution in [-0.2, 0) is 24.1 Å². The molecule has 7 rings (SSSR count). The highest BCUT2D eigenvalue weighted by Crippen LogP contribution is 2.51. The predicted molar refractivity (Wildman–Crippen MR) is 241 cm³/mol. The molecule has 1 aliphatic rings. The summed E-state index contributed by atoms with van der Waals surface area (Å²) < 4.78 is 44.0. The van der Waals surface area contributed by atoms with Gasteiger partial charge in [0.25, 0.3) is 8.53 Å². The average Bonchev–Trinajstić information content (AvgIpc) is 3.83. The zero-order valence-corrected chi connectivity index (χ0v) is 36.5. The summed E-state index contributed by atoms with van der Waals surface area (Å²) in [7, 11) is 1.71. The van der Waals surface area contributed by atoms with Crippen molar-refractivity contribution in [3.63, 3.8) is 0 Å². The number of aromatic nitrogens is 1. The van der Waals surface area contributed by atoms with E-state index < -0.39 is 32.6 Å². The summed E-state index contributed by atoms with van der Waals surface area (Å²) in [5.74, 6) is 1.47. The number of methoxy groups -OCH3 is 2. The number of hydrogen-bond donors (Lipinski definition) is 0. The van der Waals surface area contributed by atoms with Crippen molar-refractivity contribution in [2.45, 2.75) is 76.7 Å². The lowest BCUT2D eigenvalue weighted by Gasteiger charge is -2.39. The van der Waals surface area contributed by atoms with E-state index in [0.717, 1.165) is 55.6 Å². The molecule has 314 valence electrons. The van der Waals surface area contributed by atoms with E-state index >= 15 is 0 Å². The highest BCUT2D eigenvalue weighted by Gasteiger charge is 2.45. The normalized spacial score (nSPS) is 17.4. The second-order valence-electron chi connectivity index (χ2n) is 15.5. The van der Waals surface area contributed by atoms with E-state index in [1.54, 1.807) is 14.2 Å². The Hall–Kier alpha value is -5.55. The number of rotatable bonds is 18. The number of fused-ring (bicyclic) bond motifs is 3. The number of ether oxygens (including phenoxy) is 4. The van der Waals surface area contributed by atoms with Gasteiger partial charge in [-0.3, -0.25) is 0 Å². The van der Waals surface area contributed by atoms with Crippen molar-refractivity contribution < 1.29 is 28.0 Å². The van der Waals surface area contributed by atoms with Crippen molar-refractivity contribution in [3.8, 4) is 23.6 Å². The summed E-state index contributed by atoms with van der Waals surface area (Å²) in [6, 6.07) is 45.4. The van der Waals surface area contributed by atoms with E-state index in [-0.39, 0.29) is 31.7 Å². The predicted octanol–water partition coefficient (Wildman–Crippen LogP) is 11.3. The van der Waals surface area contributed by atoms with Crippen LogP contribution in [0.2, 0.25) is 0 Å². The minimum absolute atomic E-state index is 0.110. The monoisotopic (exact) mass is 836 g/mol. The standard InChI is InChI=1S/C50H53N4O6P/c1-35(2)54(36(3)4)61(58-31-13-30-52)60-47-33-49(53-45-18-11-10-17-43(45)44-32-37(14-12-29-51)19-28-46(44)53)59-48(47)34-57-50(38-15-8-7-9-16-38,39-20-24-41(55-5)25-21-39)40-22-26-42(56-6)27-23-40/h7-12,14-28,32,35-36,47-49H,13,31,33-34H2,1-6H3/t47-,48+,49+,61?/m0/s1. The van der Waals surface area contributed by atoms with Crippen LogP contribution >= 0.6 is 8.53 Å². The fourth-order valence-electron chi connectivity index (χ4n) is 8.38. The quantitative estimate of drug-likeness (QED) is 0.0361. The molecule has 0 bridgehead atoms. The van der Waals surface area contributed by atoms with Crippen LogP contribution in [0.25, 0.3) is 27.9 Å². The Morgan fingerprint density at radius 2 is 1.39 bits per heavy atom. The molecule has 0 radical (unpaired) electrons. The average molecular weight is 837 g/mol. The Kier molecular flexibility index (Phi) is 14.2. The molecule has 0 N–H and O–H groups in total. The summed E-state index contributed by atoms with van der Waals surface area (Å²) in [4.78, 5) is 0. The molecule has 1 saturated heterocycles. The molecule has 10 nitrogen and oxygen atoms in total. The number of allylic oxidation sites excluding steroid dienone is 1. The van der Waals surface area contributed by atoms with Crippen molar-refractivity contribution in [1.29, 1.82) is 10.5 Å². The Morgan fingerprint density at radius 3 is 2.00 bits per heavy atom. The van der Waals surface area contributed by atoms with Crippen LogP contribution in [0.1, 0.15) is 69.0 Å². The maximum absolute atomic E-state index is 9.47. The van der Waals surface area contributed by atoms with E-state index in [1.165, 1.54) is 6.08 Å². The maximum atomic E-state index is 9.47. The van der Waals surface area contributed by atoms with Crippen LogP contribution < -0.4 is 9.47 Å². The van der Waals surface area contributed by atoms with Crippen molar-refractivity contribution >= 4 is 36.4 Å². The Morgan fingerprint density at radius 1 is 0.787 bits per heavy atom. The molecule has 1 aromatic heterocycles. The minimum atomic E-state index is -1.61. The van der Waals surface area contributed by atoms with E-state index in [9.17, 15) is 10.5 Å². The molecule has 0 saturated carbocycles. The third-order valence-electron chi connectivity index (χ3n) is 11.1. The first-order valence-electron chi connectivity index (χ1n) is 20.7. The molecule has 2 heterocycles. The van der Waals surface area contributed by atoms with Gasteiger partial charge in [-0.2, -0.15) is 10.5 Å². The number of nitriles is 2. The van der Waals surface area contributed by atoms with Crippen LogP contribution in [-0.4, -0.2) is 61.0 Å². The Labute approximate surface area is 360 Å². The topological polar surface area (TPSA) is 111 Å². The molecular formula is C50H53N4O6P. The first-order chi connectivity index (χ1) is 29.7. The second-order valence-corrected chi connectivity index (χ2v) is 16.9. The Bertz CT molecular complexity index is 2440. The third-order valence-corrected chi connectivity index (χ3v) is 13.2. The molecule has 0 amide bonds. The van der Waals surface area contributed by atoms with Crippen molar-refractivity contribution in [2.75, 3.05) is 27.4 Å². The largest absolute Gasteiger partial charge is 0.497 e. The van der Waals surface area contributed by atoms with Gasteiger partial charge in [0.15, 0.2) is 0 Å². The van der Waals surface area contributed by atoms with E-state index in [1.807, 2.05) is 91.0 Å². The van der Waals surface area contributed by atoms with Crippen LogP contribution in [0.5, 0.6) is 11.5 Å². The SMILES string of the molecule is COc1ccc(C(OC[C@H]2O[C@@H](n3c4ccccc4c4cc(C=CC#N)ccc43)C[C@@H]2OP(OCCC#N)N(C(C)C)C(C)C)(c2ccccc2)c2ccc(OC)cc2)cc1. The fourth-order valence-corrected chi connectivity index (χ4v) is 10.1. The molecule has 11 heteroatoms. The highest BCUT2D eigenvalue weighted by molar-refractivity contribution is 7.44. The summed E-state index contributed by atoms with van der Waals surface area (Å²) >= 11 is 0. The third kappa shape index (κ3) is 9.22. The maximum Gasteiger partial charge on any atom is 0.259 e. The summed E-state index contributed by atoms with van der Waals surface area (Å²) in [5, 5.41) is 20.9. The molecular weight excluding hydrogens is 784 g/mol. The van der Waals surface area contributed by atoms with Crippen LogP contribution in [0.4, 0.5) is 0 Å². The smallest absolute Gasteiger partial charge is 0.259 e. The van der Waals surface area contributed by atoms with Gasteiger partial charge in [-0.05, 0) is 98.5 Å². The number of hydrogen-bond acceptors (Lipinski definition) is 9. The summed E-state index contributed by atoms with van der Waals surface area (Å²) in [5.41, 5.74) is 4.65. The van der Waals surface area contributed by atoms with Gasteiger partial charge in [0.2, 0.25) is 0 Å². The molecule has 6 aromatic rings. The van der Waals surface area contributed by atoms with E-state index in [2.05, 4.69) is 85.5 Å². The van der Waals surface area contributed by atoms with Gasteiger partial charge in [-0.25, -0.2) is 4.67 Å². The first-order valence-corrected chi connectivity index (χ1v) is 21.8. The van der Waals surface area contributed by atoms with Crippen molar-refractivity contribution in [2.24, 2.45) is 0 Å². The number of nitrogens with zero attached hydrogens (tertiary/aromatic N) is 4. The first kappa shape index (κ1) is 43.5. The second kappa shape index (κ2) is 19.9. The molecule has 1 fully saturated rings. The molecule has 1 aliphatic heterocycles. The van der Waals surface area contributed by atoms with Crippen LogP contribution in [0.3, 0.4) is 0 Å². The molecule has 1 unspecified atom stereocenters. The highest BCUT2D eigenvalue weighted by atomic mass is 31.2. The lowest BCUT2D eigenvalue weighted by atomic mass is 9.80. The lowest BCUT2D eigenvalue weighted by Crippen LogP contribution is -2.39. The van der Waals surface area contributed by atoms with Gasteiger partial charge in [-0.1, -0.05) is 78.9 Å². The Balaban J connectivity index is 1.35. The van der Waals surface area contributed by atoms with Crippen molar-refractivity contribution in [1.82, 2.24) is 9.24 Å². The van der Waals surface area contributed by atoms with Gasteiger partial charge < -0.3 is 32.6 Å². The molecule has 0 aliphatic carbocycles. The van der Waals surface area contributed by atoms with Gasteiger partial charge in [-0.15, -0.1) is 0 Å². The van der Waals surface area contributed by atoms with Gasteiger partial charge in [0.1, 0.15) is 29.4 Å². The fraction of sp³-hybridized carbons (Fsp3) is 0.320.